The summed E-state index contributed by atoms with van der Waals surface area (Å²) in [6.45, 7) is 2.02. The molecule has 0 aromatic heterocycles. The summed E-state index contributed by atoms with van der Waals surface area (Å²) in [5.74, 6) is 0.0971. The van der Waals surface area contributed by atoms with Gasteiger partial charge >= 0.3 is 0 Å². The first-order chi connectivity index (χ1) is 8.63. The highest BCUT2D eigenvalue weighted by Crippen LogP contribution is 2.21. The van der Waals surface area contributed by atoms with Gasteiger partial charge in [-0.15, -0.1) is 0 Å². The molecule has 98 valence electrons. The van der Waals surface area contributed by atoms with E-state index in [0.29, 0.717) is 6.54 Å². The molecule has 0 saturated carbocycles. The van der Waals surface area contributed by atoms with Gasteiger partial charge in [-0.1, -0.05) is 15.9 Å². The molecule has 1 aromatic carbocycles. The molecule has 1 saturated heterocycles. The molecule has 1 aliphatic rings. The van der Waals surface area contributed by atoms with Crippen molar-refractivity contribution in [3.63, 3.8) is 0 Å². The fraction of sp³-hybridized carbons (Fsp3) is 0.462. The van der Waals surface area contributed by atoms with E-state index in [4.69, 9.17) is 5.73 Å². The van der Waals surface area contributed by atoms with Gasteiger partial charge in [-0.3, -0.25) is 9.69 Å². The van der Waals surface area contributed by atoms with E-state index in [1.54, 1.807) is 0 Å². The van der Waals surface area contributed by atoms with Crippen molar-refractivity contribution in [3.8, 4) is 0 Å². The van der Waals surface area contributed by atoms with Gasteiger partial charge in [-0.25, -0.2) is 0 Å². The van der Waals surface area contributed by atoms with Crippen LogP contribution in [0.25, 0.3) is 0 Å². The zero-order chi connectivity index (χ0) is 13.1. The van der Waals surface area contributed by atoms with Crippen molar-refractivity contribution in [2.45, 2.75) is 12.5 Å². The van der Waals surface area contributed by atoms with Crippen molar-refractivity contribution >= 4 is 27.5 Å². The van der Waals surface area contributed by atoms with Crippen molar-refractivity contribution in [3.05, 3.63) is 28.7 Å². The monoisotopic (exact) mass is 311 g/mol. The molecule has 0 radical (unpaired) electrons. The number of rotatable bonds is 2. The molecule has 1 atom stereocenters. The Morgan fingerprint density at radius 2 is 2.00 bits per heavy atom. The number of nitrogens with two attached hydrogens (primary N) is 1. The molecule has 0 spiro atoms. The second kappa shape index (κ2) is 5.82. The molecule has 1 amide bonds. The van der Waals surface area contributed by atoms with Crippen LogP contribution in [0.3, 0.4) is 0 Å². The predicted molar refractivity (Wildman–Crippen MR) is 76.6 cm³/mol. The molecular weight excluding hydrogens is 294 g/mol. The van der Waals surface area contributed by atoms with Gasteiger partial charge in [-0.2, -0.15) is 0 Å². The zero-order valence-corrected chi connectivity index (χ0v) is 12.1. The number of hydrogen-bond acceptors (Lipinski definition) is 3. The molecule has 1 unspecified atom stereocenters. The maximum atomic E-state index is 12.5. The molecule has 1 heterocycles. The van der Waals surface area contributed by atoms with Gasteiger partial charge in [-0.05, 0) is 37.7 Å². The standard InChI is InChI=1S/C13H18BrN3O/c1-16-7-2-8-17(13(18)12(16)9-15)11-5-3-10(14)4-6-11/h3-6,12H,2,7-9,15H2,1H3. The lowest BCUT2D eigenvalue weighted by Gasteiger charge is -2.27. The van der Waals surface area contributed by atoms with Gasteiger partial charge in [0.15, 0.2) is 0 Å². The maximum Gasteiger partial charge on any atom is 0.245 e. The first kappa shape index (κ1) is 13.5. The fourth-order valence-corrected chi connectivity index (χ4v) is 2.54. The third-order valence-corrected chi connectivity index (χ3v) is 3.87. The van der Waals surface area contributed by atoms with Crippen LogP contribution in [0.1, 0.15) is 6.42 Å². The van der Waals surface area contributed by atoms with E-state index >= 15 is 0 Å². The van der Waals surface area contributed by atoms with E-state index in [1.165, 1.54) is 0 Å². The van der Waals surface area contributed by atoms with E-state index in [0.717, 1.165) is 29.7 Å². The molecule has 1 fully saturated rings. The summed E-state index contributed by atoms with van der Waals surface area (Å²) in [7, 11) is 1.96. The van der Waals surface area contributed by atoms with E-state index < -0.39 is 0 Å². The fourth-order valence-electron chi connectivity index (χ4n) is 2.27. The average Bonchev–Trinajstić information content (AvgIpc) is 2.49. The second-order valence-electron chi connectivity index (χ2n) is 4.55. The van der Waals surface area contributed by atoms with Crippen LogP contribution in [0.4, 0.5) is 5.69 Å². The average molecular weight is 312 g/mol. The SMILES string of the molecule is CN1CCCN(c2ccc(Br)cc2)C(=O)C1CN. The number of carbonyl (C=O) groups excluding carboxylic acids is 1. The largest absolute Gasteiger partial charge is 0.328 e. The van der Waals surface area contributed by atoms with E-state index in [1.807, 2.05) is 41.1 Å². The summed E-state index contributed by atoms with van der Waals surface area (Å²) < 4.78 is 1.01. The Bertz CT molecular complexity index is 421. The van der Waals surface area contributed by atoms with Crippen LogP contribution >= 0.6 is 15.9 Å². The highest BCUT2D eigenvalue weighted by Gasteiger charge is 2.30. The number of halogens is 1. The van der Waals surface area contributed by atoms with Crippen LogP contribution in [0.15, 0.2) is 28.7 Å². The smallest absolute Gasteiger partial charge is 0.245 e. The highest BCUT2D eigenvalue weighted by atomic mass is 79.9. The number of anilines is 1. The van der Waals surface area contributed by atoms with Crippen molar-refractivity contribution in [2.24, 2.45) is 5.73 Å². The van der Waals surface area contributed by atoms with Crippen LogP contribution in [-0.2, 0) is 4.79 Å². The first-order valence-electron chi connectivity index (χ1n) is 6.10. The van der Waals surface area contributed by atoms with Gasteiger partial charge in [0.25, 0.3) is 0 Å². The van der Waals surface area contributed by atoms with Crippen LogP contribution in [0, 0.1) is 0 Å². The summed E-state index contributed by atoms with van der Waals surface area (Å²) in [6.07, 6.45) is 0.967. The summed E-state index contributed by atoms with van der Waals surface area (Å²) in [5.41, 5.74) is 6.66. The van der Waals surface area contributed by atoms with Gasteiger partial charge in [0.2, 0.25) is 5.91 Å². The Labute approximate surface area is 116 Å². The van der Waals surface area contributed by atoms with Crippen molar-refractivity contribution in [1.82, 2.24) is 4.90 Å². The zero-order valence-electron chi connectivity index (χ0n) is 10.5. The quantitative estimate of drug-likeness (QED) is 0.899. The molecule has 0 bridgehead atoms. The van der Waals surface area contributed by atoms with Crippen molar-refractivity contribution in [1.29, 1.82) is 0 Å². The normalized spacial score (nSPS) is 22.1. The Morgan fingerprint density at radius 3 is 2.61 bits per heavy atom. The third-order valence-electron chi connectivity index (χ3n) is 3.34. The summed E-state index contributed by atoms with van der Waals surface area (Å²) >= 11 is 3.40. The number of likely N-dealkylation sites (N-methyl/N-ethyl adjacent to an activating group) is 1. The minimum atomic E-state index is -0.212. The van der Waals surface area contributed by atoms with Crippen LogP contribution in [-0.4, -0.2) is 43.5 Å². The number of carbonyl (C=O) groups is 1. The minimum absolute atomic E-state index is 0.0971. The molecule has 18 heavy (non-hydrogen) atoms. The maximum absolute atomic E-state index is 12.5. The number of hydrogen-bond donors (Lipinski definition) is 1. The lowest BCUT2D eigenvalue weighted by molar-refractivity contribution is -0.122. The molecule has 2 rings (SSSR count). The number of benzene rings is 1. The third kappa shape index (κ3) is 2.74. The predicted octanol–water partition coefficient (Wildman–Crippen LogP) is 1.44. The van der Waals surface area contributed by atoms with Gasteiger partial charge in [0.05, 0.1) is 0 Å². The lowest BCUT2D eigenvalue weighted by atomic mass is 10.2. The van der Waals surface area contributed by atoms with E-state index in [2.05, 4.69) is 15.9 Å². The summed E-state index contributed by atoms with van der Waals surface area (Å²) in [5, 5.41) is 0. The minimum Gasteiger partial charge on any atom is -0.328 e. The lowest BCUT2D eigenvalue weighted by Crippen LogP contribution is -2.48. The molecule has 5 heteroatoms. The molecule has 1 aromatic rings. The molecule has 1 aliphatic heterocycles. The molecule has 0 aliphatic carbocycles. The summed E-state index contributed by atoms with van der Waals surface area (Å²) in [4.78, 5) is 16.3. The molecular formula is C13H18BrN3O. The number of nitrogens with zero attached hydrogens (tertiary/aromatic N) is 2. The Morgan fingerprint density at radius 1 is 1.33 bits per heavy atom. The Kier molecular flexibility index (Phi) is 4.37. The topological polar surface area (TPSA) is 49.6 Å². The second-order valence-corrected chi connectivity index (χ2v) is 5.47. The van der Waals surface area contributed by atoms with E-state index in [-0.39, 0.29) is 11.9 Å². The summed E-state index contributed by atoms with van der Waals surface area (Å²) in [6, 6.07) is 7.61. The molecule has 4 nitrogen and oxygen atoms in total. The first-order valence-corrected chi connectivity index (χ1v) is 6.90. The van der Waals surface area contributed by atoms with Crippen molar-refractivity contribution < 1.29 is 4.79 Å². The Balaban J connectivity index is 2.26. The van der Waals surface area contributed by atoms with Gasteiger partial charge in [0.1, 0.15) is 6.04 Å². The van der Waals surface area contributed by atoms with E-state index in [9.17, 15) is 4.79 Å². The van der Waals surface area contributed by atoms with Crippen molar-refractivity contribution in [2.75, 3.05) is 31.6 Å². The van der Waals surface area contributed by atoms with Crippen LogP contribution in [0.2, 0.25) is 0 Å². The van der Waals surface area contributed by atoms with Gasteiger partial charge in [0, 0.05) is 29.8 Å². The number of amides is 1. The Hall–Kier alpha value is -0.910. The van der Waals surface area contributed by atoms with Crippen LogP contribution in [0.5, 0.6) is 0 Å². The molecule has 2 N–H and O–H groups in total. The van der Waals surface area contributed by atoms with Crippen LogP contribution < -0.4 is 10.6 Å². The highest BCUT2D eigenvalue weighted by molar-refractivity contribution is 9.10. The van der Waals surface area contributed by atoms with Gasteiger partial charge < -0.3 is 10.6 Å².